The van der Waals surface area contributed by atoms with E-state index in [9.17, 15) is 4.79 Å². The van der Waals surface area contributed by atoms with Crippen LogP contribution in [0.3, 0.4) is 0 Å². The van der Waals surface area contributed by atoms with Crippen molar-refractivity contribution < 1.29 is 14.7 Å². The Morgan fingerprint density at radius 2 is 1.89 bits per heavy atom. The Bertz CT molecular complexity index is 554. The van der Waals surface area contributed by atoms with E-state index in [1.807, 2.05) is 43.3 Å². The molecule has 19 heavy (non-hydrogen) atoms. The van der Waals surface area contributed by atoms with Gasteiger partial charge in [0.05, 0.1) is 0 Å². The summed E-state index contributed by atoms with van der Waals surface area (Å²) >= 11 is 0. The molecule has 0 saturated heterocycles. The van der Waals surface area contributed by atoms with Crippen LogP contribution >= 0.6 is 0 Å². The van der Waals surface area contributed by atoms with Gasteiger partial charge in [0, 0.05) is 5.56 Å². The molecule has 98 valence electrons. The number of carbonyl (C=O) groups excluding carboxylic acids is 1. The molecule has 0 heterocycles. The first-order chi connectivity index (χ1) is 9.20. The fourth-order valence-electron chi connectivity index (χ4n) is 1.78. The van der Waals surface area contributed by atoms with E-state index in [1.54, 1.807) is 23.7 Å². The Balaban J connectivity index is 2.27. The maximum Gasteiger partial charge on any atom is 0.289 e. The zero-order chi connectivity index (χ0) is 13.7. The molecule has 2 rings (SSSR count). The summed E-state index contributed by atoms with van der Waals surface area (Å²) in [6.45, 7) is 1.94. The van der Waals surface area contributed by atoms with E-state index in [0.717, 1.165) is 5.56 Å². The first-order valence-electron chi connectivity index (χ1n) is 5.93. The van der Waals surface area contributed by atoms with E-state index < -0.39 is 12.0 Å². The van der Waals surface area contributed by atoms with Crippen molar-refractivity contribution in [2.24, 2.45) is 0 Å². The number of benzene rings is 2. The molecule has 2 aromatic rings. The summed E-state index contributed by atoms with van der Waals surface area (Å²) in [5.74, 6) is -0.0230. The number of amides is 1. The smallest absolute Gasteiger partial charge is 0.289 e. The van der Waals surface area contributed by atoms with Gasteiger partial charge in [-0.15, -0.1) is 0 Å². The standard InChI is InChI=1S/C15H15NO3/c1-11-6-5-9-13(10-11)19-14(15(17)16-18)12-7-3-2-4-8-12/h2-10,14,18H,1H3,(H,16,17). The van der Waals surface area contributed by atoms with Crippen molar-refractivity contribution in [1.29, 1.82) is 0 Å². The number of hydrogen-bond acceptors (Lipinski definition) is 3. The quantitative estimate of drug-likeness (QED) is 0.654. The number of nitrogens with one attached hydrogen (secondary N) is 1. The normalized spacial score (nSPS) is 11.7. The number of hydrogen-bond donors (Lipinski definition) is 2. The van der Waals surface area contributed by atoms with Crippen LogP contribution in [0.2, 0.25) is 0 Å². The van der Waals surface area contributed by atoms with Crippen LogP contribution in [0.1, 0.15) is 17.2 Å². The zero-order valence-electron chi connectivity index (χ0n) is 10.5. The van der Waals surface area contributed by atoms with Crippen LogP contribution in [0.15, 0.2) is 54.6 Å². The first-order valence-corrected chi connectivity index (χ1v) is 5.93. The van der Waals surface area contributed by atoms with E-state index in [-0.39, 0.29) is 0 Å². The van der Waals surface area contributed by atoms with Crippen molar-refractivity contribution in [2.45, 2.75) is 13.0 Å². The molecule has 2 aromatic carbocycles. The highest BCUT2D eigenvalue weighted by atomic mass is 16.5. The third-order valence-corrected chi connectivity index (χ3v) is 2.69. The Hall–Kier alpha value is -2.33. The highest BCUT2D eigenvalue weighted by Gasteiger charge is 2.22. The van der Waals surface area contributed by atoms with Gasteiger partial charge < -0.3 is 4.74 Å². The second-order valence-electron chi connectivity index (χ2n) is 4.20. The minimum absolute atomic E-state index is 0.581. The third-order valence-electron chi connectivity index (χ3n) is 2.69. The largest absolute Gasteiger partial charge is 0.476 e. The molecule has 0 aromatic heterocycles. The number of carbonyl (C=O) groups is 1. The summed E-state index contributed by atoms with van der Waals surface area (Å²) in [7, 11) is 0. The van der Waals surface area contributed by atoms with E-state index in [2.05, 4.69) is 0 Å². The number of ether oxygens (including phenoxy) is 1. The van der Waals surface area contributed by atoms with Gasteiger partial charge in [0.1, 0.15) is 5.75 Å². The van der Waals surface area contributed by atoms with Gasteiger partial charge in [0.25, 0.3) is 5.91 Å². The predicted molar refractivity (Wildman–Crippen MR) is 70.9 cm³/mol. The maximum atomic E-state index is 11.7. The number of aryl methyl sites for hydroxylation is 1. The van der Waals surface area contributed by atoms with Gasteiger partial charge in [-0.3, -0.25) is 10.0 Å². The average Bonchev–Trinajstić information content (AvgIpc) is 2.45. The molecular formula is C15H15NO3. The van der Waals surface area contributed by atoms with Gasteiger partial charge in [0.15, 0.2) is 0 Å². The topological polar surface area (TPSA) is 58.6 Å². The van der Waals surface area contributed by atoms with Crippen molar-refractivity contribution in [3.05, 3.63) is 65.7 Å². The van der Waals surface area contributed by atoms with Crippen molar-refractivity contribution >= 4 is 5.91 Å². The van der Waals surface area contributed by atoms with Crippen LogP contribution in [0.5, 0.6) is 5.75 Å². The monoisotopic (exact) mass is 257 g/mol. The summed E-state index contributed by atoms with van der Waals surface area (Å²) in [5, 5.41) is 8.82. The summed E-state index contributed by atoms with van der Waals surface area (Å²) in [4.78, 5) is 11.7. The van der Waals surface area contributed by atoms with E-state index >= 15 is 0 Å². The molecule has 0 aliphatic carbocycles. The molecule has 0 saturated carbocycles. The summed E-state index contributed by atoms with van der Waals surface area (Å²) in [6, 6.07) is 16.4. The van der Waals surface area contributed by atoms with Gasteiger partial charge in [-0.1, -0.05) is 42.5 Å². The fraction of sp³-hybridized carbons (Fsp3) is 0.133. The Morgan fingerprint density at radius 1 is 1.16 bits per heavy atom. The number of rotatable bonds is 4. The van der Waals surface area contributed by atoms with E-state index in [4.69, 9.17) is 9.94 Å². The molecule has 4 nitrogen and oxygen atoms in total. The molecule has 0 aliphatic heterocycles. The van der Waals surface area contributed by atoms with E-state index in [0.29, 0.717) is 11.3 Å². The molecule has 0 spiro atoms. The second kappa shape index (κ2) is 6.02. The highest BCUT2D eigenvalue weighted by molar-refractivity contribution is 5.81. The fourth-order valence-corrected chi connectivity index (χ4v) is 1.78. The van der Waals surface area contributed by atoms with Crippen LogP contribution < -0.4 is 10.2 Å². The molecule has 1 unspecified atom stereocenters. The van der Waals surface area contributed by atoms with Gasteiger partial charge in [-0.25, -0.2) is 5.48 Å². The van der Waals surface area contributed by atoms with Gasteiger partial charge in [-0.05, 0) is 24.6 Å². The van der Waals surface area contributed by atoms with Crippen molar-refractivity contribution in [3.8, 4) is 5.75 Å². The lowest BCUT2D eigenvalue weighted by Gasteiger charge is -2.17. The molecular weight excluding hydrogens is 242 g/mol. The second-order valence-corrected chi connectivity index (χ2v) is 4.20. The Labute approximate surface area is 111 Å². The lowest BCUT2D eigenvalue weighted by Crippen LogP contribution is -2.29. The minimum atomic E-state index is -0.881. The highest BCUT2D eigenvalue weighted by Crippen LogP contribution is 2.22. The van der Waals surface area contributed by atoms with Crippen molar-refractivity contribution in [1.82, 2.24) is 5.48 Å². The van der Waals surface area contributed by atoms with Gasteiger partial charge in [-0.2, -0.15) is 0 Å². The van der Waals surface area contributed by atoms with Gasteiger partial charge in [0.2, 0.25) is 6.10 Å². The van der Waals surface area contributed by atoms with Crippen LogP contribution in [-0.4, -0.2) is 11.1 Å². The Morgan fingerprint density at radius 3 is 2.53 bits per heavy atom. The van der Waals surface area contributed by atoms with Crippen molar-refractivity contribution in [2.75, 3.05) is 0 Å². The Kier molecular flexibility index (Phi) is 4.15. The minimum Gasteiger partial charge on any atom is -0.476 e. The van der Waals surface area contributed by atoms with Crippen LogP contribution in [0, 0.1) is 6.92 Å². The molecule has 4 heteroatoms. The first kappa shape index (κ1) is 13.1. The molecule has 0 fully saturated rings. The summed E-state index contributed by atoms with van der Waals surface area (Å²) in [5.41, 5.74) is 3.35. The number of hydroxylamine groups is 1. The lowest BCUT2D eigenvalue weighted by molar-refractivity contribution is -0.136. The van der Waals surface area contributed by atoms with Crippen molar-refractivity contribution in [3.63, 3.8) is 0 Å². The van der Waals surface area contributed by atoms with Crippen LogP contribution in [0.25, 0.3) is 0 Å². The lowest BCUT2D eigenvalue weighted by atomic mass is 10.1. The summed E-state index contributed by atoms with van der Waals surface area (Å²) < 4.78 is 5.66. The average molecular weight is 257 g/mol. The molecule has 1 atom stereocenters. The predicted octanol–water partition coefficient (Wildman–Crippen LogP) is 2.62. The SMILES string of the molecule is Cc1cccc(OC(C(=O)NO)c2ccccc2)c1. The molecule has 1 amide bonds. The summed E-state index contributed by atoms with van der Waals surface area (Å²) in [6.07, 6.45) is -0.881. The van der Waals surface area contributed by atoms with E-state index in [1.165, 1.54) is 0 Å². The van der Waals surface area contributed by atoms with Crippen LogP contribution in [-0.2, 0) is 4.79 Å². The van der Waals surface area contributed by atoms with Crippen LogP contribution in [0.4, 0.5) is 0 Å². The molecule has 2 N–H and O–H groups in total. The third kappa shape index (κ3) is 3.33. The van der Waals surface area contributed by atoms with Gasteiger partial charge >= 0.3 is 0 Å². The zero-order valence-corrected chi connectivity index (χ0v) is 10.5. The maximum absolute atomic E-state index is 11.7. The molecule has 0 bridgehead atoms. The molecule has 0 radical (unpaired) electrons. The molecule has 0 aliphatic rings.